The number of nitrogens with zero attached hydrogens (tertiary/aromatic N) is 2. The molecule has 0 radical (unpaired) electrons. The molecule has 0 spiro atoms. The Bertz CT molecular complexity index is 764. The predicted octanol–water partition coefficient (Wildman–Crippen LogP) is 3.63. The van der Waals surface area contributed by atoms with Gasteiger partial charge in [-0.15, -0.1) is 35.3 Å². The largest absolute Gasteiger partial charge is 0.357 e. The maximum absolute atomic E-state index is 12.1. The fraction of sp³-hybridized carbons (Fsp3) is 0.389. The number of hydrogen-bond acceptors (Lipinski definition) is 4. The minimum absolute atomic E-state index is 0. The first kappa shape index (κ1) is 23.8. The molecule has 9 heteroatoms. The molecular weight excluding hydrogens is 541 g/mol. The van der Waals surface area contributed by atoms with Crippen LogP contribution in [0.25, 0.3) is 0 Å². The summed E-state index contributed by atoms with van der Waals surface area (Å²) < 4.78 is 0.952. The molecule has 0 aliphatic rings. The fourth-order valence-corrected chi connectivity index (χ4v) is 3.40. The van der Waals surface area contributed by atoms with Crippen LogP contribution in [0.4, 0.5) is 0 Å². The van der Waals surface area contributed by atoms with E-state index < -0.39 is 0 Å². The van der Waals surface area contributed by atoms with Gasteiger partial charge < -0.3 is 16.0 Å². The van der Waals surface area contributed by atoms with E-state index in [2.05, 4.69) is 41.9 Å². The van der Waals surface area contributed by atoms with Crippen LogP contribution in [-0.2, 0) is 6.54 Å². The van der Waals surface area contributed by atoms with Crippen molar-refractivity contribution in [1.29, 1.82) is 0 Å². The monoisotopic (exact) mass is 565 g/mol. The molecule has 148 valence electrons. The van der Waals surface area contributed by atoms with Gasteiger partial charge in [0.1, 0.15) is 0 Å². The van der Waals surface area contributed by atoms with E-state index in [9.17, 15) is 4.79 Å². The highest BCUT2D eigenvalue weighted by molar-refractivity contribution is 14.0. The minimum Gasteiger partial charge on any atom is -0.357 e. The van der Waals surface area contributed by atoms with E-state index in [0.717, 1.165) is 27.7 Å². The Morgan fingerprint density at radius 2 is 1.81 bits per heavy atom. The van der Waals surface area contributed by atoms with Crippen LogP contribution in [0.1, 0.15) is 32.9 Å². The van der Waals surface area contributed by atoms with Gasteiger partial charge in [0.05, 0.1) is 17.2 Å². The number of nitrogens with one attached hydrogen (secondary N) is 3. The molecule has 1 aromatic carbocycles. The molecule has 0 aliphatic heterocycles. The molecule has 0 saturated heterocycles. The molecule has 0 saturated carbocycles. The Kier molecular flexibility index (Phi) is 10.9. The third kappa shape index (κ3) is 8.14. The Morgan fingerprint density at radius 1 is 1.15 bits per heavy atom. The number of aliphatic imine (C=N–C) groups is 1. The van der Waals surface area contributed by atoms with Crippen molar-refractivity contribution in [2.45, 2.75) is 27.3 Å². The highest BCUT2D eigenvalue weighted by Crippen LogP contribution is 2.17. The molecule has 0 fully saturated rings. The van der Waals surface area contributed by atoms with Crippen molar-refractivity contribution in [2.75, 3.05) is 19.6 Å². The van der Waals surface area contributed by atoms with Crippen LogP contribution in [0.5, 0.6) is 0 Å². The number of halogens is 2. The van der Waals surface area contributed by atoms with Gasteiger partial charge in [-0.2, -0.15) is 0 Å². The van der Waals surface area contributed by atoms with Crippen LogP contribution in [0.3, 0.4) is 0 Å². The van der Waals surface area contributed by atoms with Crippen LogP contribution in [-0.4, -0.2) is 36.5 Å². The van der Waals surface area contributed by atoms with Crippen LogP contribution in [0.2, 0.25) is 0 Å². The number of aryl methyl sites for hydroxylation is 2. The lowest BCUT2D eigenvalue weighted by atomic mass is 10.2. The first-order valence-electron chi connectivity index (χ1n) is 8.48. The summed E-state index contributed by atoms with van der Waals surface area (Å²) in [6, 6.07) is 7.29. The summed E-state index contributed by atoms with van der Waals surface area (Å²) in [7, 11) is 0. The minimum atomic E-state index is -0.0861. The average molecular weight is 566 g/mol. The standard InChI is InChI=1S/C18H24BrN5OS.HI/c1-4-20-18(23-11-16-12(2)24-13(3)26-16)22-10-9-21-17(25)14-5-7-15(19)8-6-14;/h5-8H,4,9-11H2,1-3H3,(H,21,25)(H2,20,22,23);1H. The van der Waals surface area contributed by atoms with Crippen molar-refractivity contribution < 1.29 is 4.79 Å². The van der Waals surface area contributed by atoms with Gasteiger partial charge in [0.15, 0.2) is 5.96 Å². The SMILES string of the molecule is CCNC(=NCc1sc(C)nc1C)NCCNC(=O)c1ccc(Br)cc1.I. The molecule has 0 unspecified atom stereocenters. The number of benzene rings is 1. The van der Waals surface area contributed by atoms with Crippen LogP contribution in [0.15, 0.2) is 33.7 Å². The maximum atomic E-state index is 12.1. The Labute approximate surface area is 189 Å². The number of carbonyl (C=O) groups excluding carboxylic acids is 1. The normalized spacial score (nSPS) is 10.9. The van der Waals surface area contributed by atoms with Gasteiger partial charge in [-0.05, 0) is 45.0 Å². The fourth-order valence-electron chi connectivity index (χ4n) is 2.27. The van der Waals surface area contributed by atoms with E-state index in [1.807, 2.05) is 32.9 Å². The lowest BCUT2D eigenvalue weighted by Crippen LogP contribution is -2.41. The van der Waals surface area contributed by atoms with E-state index in [4.69, 9.17) is 0 Å². The Balaban J connectivity index is 0.00000364. The van der Waals surface area contributed by atoms with Gasteiger partial charge in [-0.3, -0.25) is 4.79 Å². The zero-order valence-corrected chi connectivity index (χ0v) is 20.4. The summed E-state index contributed by atoms with van der Waals surface area (Å²) in [6.45, 7) is 8.51. The molecule has 0 aliphatic carbocycles. The van der Waals surface area contributed by atoms with Crippen LogP contribution >= 0.6 is 51.2 Å². The van der Waals surface area contributed by atoms with Gasteiger partial charge in [0.25, 0.3) is 5.91 Å². The van der Waals surface area contributed by atoms with E-state index >= 15 is 0 Å². The molecule has 2 rings (SSSR count). The van der Waals surface area contributed by atoms with Gasteiger partial charge >= 0.3 is 0 Å². The Morgan fingerprint density at radius 3 is 2.41 bits per heavy atom. The number of guanidine groups is 1. The summed E-state index contributed by atoms with van der Waals surface area (Å²) in [5, 5.41) is 10.4. The lowest BCUT2D eigenvalue weighted by Gasteiger charge is -2.12. The summed E-state index contributed by atoms with van der Waals surface area (Å²) in [4.78, 5) is 22.3. The highest BCUT2D eigenvalue weighted by Gasteiger charge is 2.06. The number of amides is 1. The number of aromatic nitrogens is 1. The van der Waals surface area contributed by atoms with Crippen LogP contribution in [0, 0.1) is 13.8 Å². The van der Waals surface area contributed by atoms with Gasteiger partial charge in [-0.1, -0.05) is 15.9 Å². The first-order chi connectivity index (χ1) is 12.5. The number of rotatable bonds is 7. The van der Waals surface area contributed by atoms with Gasteiger partial charge in [-0.25, -0.2) is 9.98 Å². The molecule has 6 nitrogen and oxygen atoms in total. The lowest BCUT2D eigenvalue weighted by molar-refractivity contribution is 0.0954. The quantitative estimate of drug-likeness (QED) is 0.207. The summed E-state index contributed by atoms with van der Waals surface area (Å²) in [5.74, 6) is 0.646. The van der Waals surface area contributed by atoms with Crippen molar-refractivity contribution in [2.24, 2.45) is 4.99 Å². The van der Waals surface area contributed by atoms with E-state index in [1.54, 1.807) is 23.5 Å². The van der Waals surface area contributed by atoms with Crippen molar-refractivity contribution in [3.63, 3.8) is 0 Å². The van der Waals surface area contributed by atoms with Crippen molar-refractivity contribution in [3.05, 3.63) is 49.9 Å². The third-order valence-electron chi connectivity index (χ3n) is 3.53. The molecule has 3 N–H and O–H groups in total. The third-order valence-corrected chi connectivity index (χ3v) is 5.12. The molecule has 1 aromatic heterocycles. The first-order valence-corrected chi connectivity index (χ1v) is 10.1. The topological polar surface area (TPSA) is 78.4 Å². The van der Waals surface area contributed by atoms with E-state index in [-0.39, 0.29) is 29.9 Å². The van der Waals surface area contributed by atoms with Crippen molar-refractivity contribution in [3.8, 4) is 0 Å². The summed E-state index contributed by atoms with van der Waals surface area (Å²) in [6.07, 6.45) is 0. The number of thiazole rings is 1. The summed E-state index contributed by atoms with van der Waals surface area (Å²) >= 11 is 5.03. The predicted molar refractivity (Wildman–Crippen MR) is 126 cm³/mol. The average Bonchev–Trinajstić information content (AvgIpc) is 2.94. The maximum Gasteiger partial charge on any atom is 0.251 e. The second-order valence-electron chi connectivity index (χ2n) is 5.63. The summed E-state index contributed by atoms with van der Waals surface area (Å²) in [5.41, 5.74) is 1.68. The zero-order chi connectivity index (χ0) is 18.9. The Hall–Kier alpha value is -1.20. The molecule has 1 amide bonds. The van der Waals surface area contributed by atoms with Crippen LogP contribution < -0.4 is 16.0 Å². The second-order valence-corrected chi connectivity index (χ2v) is 7.83. The zero-order valence-electron chi connectivity index (χ0n) is 15.6. The smallest absolute Gasteiger partial charge is 0.251 e. The highest BCUT2D eigenvalue weighted by atomic mass is 127. The molecule has 0 atom stereocenters. The molecular formula is C18H25BrIN5OS. The molecule has 1 heterocycles. The van der Waals surface area contributed by atoms with Gasteiger partial charge in [0.2, 0.25) is 0 Å². The van der Waals surface area contributed by atoms with E-state index in [1.165, 1.54) is 4.88 Å². The molecule has 27 heavy (non-hydrogen) atoms. The second kappa shape index (κ2) is 12.3. The van der Waals surface area contributed by atoms with Crippen molar-refractivity contribution >= 4 is 63.1 Å². The molecule has 0 bridgehead atoms. The number of carbonyl (C=O) groups is 1. The van der Waals surface area contributed by atoms with Gasteiger partial charge in [0, 0.05) is 34.5 Å². The number of hydrogen-bond donors (Lipinski definition) is 3. The van der Waals surface area contributed by atoms with E-state index in [0.29, 0.717) is 25.2 Å². The molecule has 2 aromatic rings. The van der Waals surface area contributed by atoms with Crippen molar-refractivity contribution in [1.82, 2.24) is 20.9 Å².